The Hall–Kier alpha value is -1.80. The minimum atomic E-state index is -3.24. The highest BCUT2D eigenvalue weighted by atomic mass is 35.5. The van der Waals surface area contributed by atoms with Crippen LogP contribution in [0.5, 0.6) is 5.75 Å². The monoisotopic (exact) mass is 416 g/mol. The zero-order valence-electron chi connectivity index (χ0n) is 14.2. The molecule has 2 aromatic rings. The van der Waals surface area contributed by atoms with Crippen molar-refractivity contribution in [2.24, 2.45) is 0 Å². The van der Waals surface area contributed by atoms with E-state index in [0.29, 0.717) is 16.5 Å². The summed E-state index contributed by atoms with van der Waals surface area (Å²) >= 11 is 11.9. The Morgan fingerprint density at radius 3 is 2.42 bits per heavy atom. The van der Waals surface area contributed by atoms with Gasteiger partial charge in [-0.25, -0.2) is 12.7 Å². The molecule has 26 heavy (non-hydrogen) atoms. The smallest absolute Gasteiger partial charge is 0.262 e. The van der Waals surface area contributed by atoms with Crippen LogP contribution in [0.1, 0.15) is 5.56 Å². The van der Waals surface area contributed by atoms with Gasteiger partial charge in [-0.3, -0.25) is 4.79 Å². The fraction of sp³-hybridized carbons (Fsp3) is 0.235. The molecule has 0 bridgehead atoms. The van der Waals surface area contributed by atoms with Crippen molar-refractivity contribution >= 4 is 44.8 Å². The van der Waals surface area contributed by atoms with Gasteiger partial charge in [0, 0.05) is 13.6 Å². The first kappa shape index (κ1) is 20.5. The van der Waals surface area contributed by atoms with E-state index in [1.165, 1.54) is 11.4 Å². The van der Waals surface area contributed by atoms with Crippen molar-refractivity contribution in [1.29, 1.82) is 0 Å². The molecule has 0 saturated carbocycles. The first-order valence-electron chi connectivity index (χ1n) is 7.53. The molecule has 1 N–H and O–H groups in total. The van der Waals surface area contributed by atoms with Crippen LogP contribution in [-0.4, -0.2) is 38.5 Å². The molecule has 0 saturated heterocycles. The molecule has 140 valence electrons. The van der Waals surface area contributed by atoms with E-state index < -0.39 is 10.0 Å². The van der Waals surface area contributed by atoms with Crippen molar-refractivity contribution in [2.75, 3.05) is 25.2 Å². The Balaban J connectivity index is 1.89. The molecule has 2 rings (SSSR count). The van der Waals surface area contributed by atoms with Crippen LogP contribution in [0.3, 0.4) is 0 Å². The van der Waals surface area contributed by atoms with Crippen LogP contribution in [0.2, 0.25) is 10.0 Å². The second kappa shape index (κ2) is 8.73. The Kier molecular flexibility index (Phi) is 6.88. The predicted molar refractivity (Wildman–Crippen MR) is 103 cm³/mol. The lowest BCUT2D eigenvalue weighted by Crippen LogP contribution is -2.24. The summed E-state index contributed by atoms with van der Waals surface area (Å²) in [5.74, 6) is 0.109. The third-order valence-corrected chi connectivity index (χ3v) is 5.57. The Morgan fingerprint density at radius 1 is 1.15 bits per heavy atom. The van der Waals surface area contributed by atoms with Gasteiger partial charge in [-0.15, -0.1) is 0 Å². The number of carbonyl (C=O) groups is 1. The maximum Gasteiger partial charge on any atom is 0.262 e. The standard InChI is InChI=1S/C17H18Cl2N2O4S/c1-21(26(2,23)24)10-12-6-8-13(9-7-12)25-11-16(22)20-15-5-3-4-14(18)17(15)19/h3-9H,10-11H2,1-2H3,(H,20,22). The quantitative estimate of drug-likeness (QED) is 0.749. The van der Waals surface area contributed by atoms with Crippen LogP contribution in [0, 0.1) is 0 Å². The zero-order valence-corrected chi connectivity index (χ0v) is 16.5. The van der Waals surface area contributed by atoms with Gasteiger partial charge >= 0.3 is 0 Å². The summed E-state index contributed by atoms with van der Waals surface area (Å²) in [4.78, 5) is 12.0. The number of nitrogens with zero attached hydrogens (tertiary/aromatic N) is 1. The normalized spacial score (nSPS) is 11.4. The second-order valence-corrected chi connectivity index (χ2v) is 8.48. The lowest BCUT2D eigenvalue weighted by Gasteiger charge is -2.14. The highest BCUT2D eigenvalue weighted by Crippen LogP contribution is 2.29. The van der Waals surface area contributed by atoms with E-state index in [1.54, 1.807) is 42.5 Å². The molecule has 1 amide bonds. The number of sulfonamides is 1. The molecule has 0 radical (unpaired) electrons. The van der Waals surface area contributed by atoms with Crippen LogP contribution < -0.4 is 10.1 Å². The van der Waals surface area contributed by atoms with Gasteiger partial charge in [0.25, 0.3) is 5.91 Å². The molecular weight excluding hydrogens is 399 g/mol. The maximum absolute atomic E-state index is 12.0. The van der Waals surface area contributed by atoms with Crippen LogP contribution >= 0.6 is 23.2 Å². The molecule has 6 nitrogen and oxygen atoms in total. The summed E-state index contributed by atoms with van der Waals surface area (Å²) in [5, 5.41) is 3.23. The number of hydrogen-bond acceptors (Lipinski definition) is 4. The van der Waals surface area contributed by atoms with Gasteiger partial charge < -0.3 is 10.1 Å². The van der Waals surface area contributed by atoms with E-state index in [2.05, 4.69) is 5.32 Å². The molecule has 0 aliphatic carbocycles. The fourth-order valence-electron chi connectivity index (χ4n) is 2.00. The molecule has 0 fully saturated rings. The molecule has 0 aromatic heterocycles. The number of benzene rings is 2. The first-order valence-corrected chi connectivity index (χ1v) is 10.1. The van der Waals surface area contributed by atoms with Gasteiger partial charge in [0.05, 0.1) is 22.0 Å². The molecule has 0 aliphatic rings. The van der Waals surface area contributed by atoms with E-state index in [-0.39, 0.29) is 24.1 Å². The molecule has 0 unspecified atom stereocenters. The second-order valence-electron chi connectivity index (χ2n) is 5.60. The lowest BCUT2D eigenvalue weighted by atomic mass is 10.2. The van der Waals surface area contributed by atoms with E-state index in [1.807, 2.05) is 0 Å². The van der Waals surface area contributed by atoms with Crippen molar-refractivity contribution in [3.8, 4) is 5.75 Å². The SMILES string of the molecule is CN(Cc1ccc(OCC(=O)Nc2cccc(Cl)c2Cl)cc1)S(C)(=O)=O. The number of rotatable bonds is 7. The van der Waals surface area contributed by atoms with Gasteiger partial charge in [0.15, 0.2) is 6.61 Å². The third-order valence-electron chi connectivity index (χ3n) is 3.49. The van der Waals surface area contributed by atoms with Crippen LogP contribution in [0.15, 0.2) is 42.5 Å². The highest BCUT2D eigenvalue weighted by Gasteiger charge is 2.12. The number of hydrogen-bond donors (Lipinski definition) is 1. The molecular formula is C17H18Cl2N2O4S. The van der Waals surface area contributed by atoms with Crippen LogP contribution in [-0.2, 0) is 21.4 Å². The van der Waals surface area contributed by atoms with Crippen molar-refractivity contribution in [3.05, 3.63) is 58.1 Å². The van der Waals surface area contributed by atoms with Crippen molar-refractivity contribution < 1.29 is 17.9 Å². The average Bonchev–Trinajstić information content (AvgIpc) is 2.57. The minimum Gasteiger partial charge on any atom is -0.484 e. The Labute approximate surface area is 162 Å². The maximum atomic E-state index is 12.0. The number of nitrogens with one attached hydrogen (secondary N) is 1. The number of ether oxygens (including phenoxy) is 1. The van der Waals surface area contributed by atoms with Gasteiger partial charge in [0.2, 0.25) is 10.0 Å². The summed E-state index contributed by atoms with van der Waals surface area (Å²) in [6.45, 7) is 0.0539. The van der Waals surface area contributed by atoms with Gasteiger partial charge in [0.1, 0.15) is 5.75 Å². The zero-order chi connectivity index (χ0) is 19.3. The number of amides is 1. The van der Waals surface area contributed by atoms with Gasteiger partial charge in [-0.2, -0.15) is 0 Å². The molecule has 0 atom stereocenters. The molecule has 0 heterocycles. The number of carbonyl (C=O) groups excluding carboxylic acids is 1. The van der Waals surface area contributed by atoms with Crippen LogP contribution in [0.4, 0.5) is 5.69 Å². The van der Waals surface area contributed by atoms with Crippen molar-refractivity contribution in [1.82, 2.24) is 4.31 Å². The minimum absolute atomic E-state index is 0.203. The van der Waals surface area contributed by atoms with Crippen molar-refractivity contribution in [2.45, 2.75) is 6.54 Å². The first-order chi connectivity index (χ1) is 12.2. The number of halogens is 2. The van der Waals surface area contributed by atoms with E-state index >= 15 is 0 Å². The van der Waals surface area contributed by atoms with Gasteiger partial charge in [-0.05, 0) is 29.8 Å². The third kappa shape index (κ3) is 5.88. The molecule has 0 spiro atoms. The van der Waals surface area contributed by atoms with E-state index in [4.69, 9.17) is 27.9 Å². The fourth-order valence-corrected chi connectivity index (χ4v) is 2.73. The predicted octanol–water partition coefficient (Wildman–Crippen LogP) is 3.40. The summed E-state index contributed by atoms with van der Waals surface area (Å²) in [6, 6.07) is 11.8. The Bertz CT molecular complexity index is 886. The summed E-state index contributed by atoms with van der Waals surface area (Å²) in [6.07, 6.45) is 1.15. The Morgan fingerprint density at radius 2 is 1.81 bits per heavy atom. The highest BCUT2D eigenvalue weighted by molar-refractivity contribution is 7.88. The topological polar surface area (TPSA) is 75.7 Å². The molecule has 2 aromatic carbocycles. The van der Waals surface area contributed by atoms with E-state index in [9.17, 15) is 13.2 Å². The largest absolute Gasteiger partial charge is 0.484 e. The molecule has 9 heteroatoms. The van der Waals surface area contributed by atoms with Crippen molar-refractivity contribution in [3.63, 3.8) is 0 Å². The summed E-state index contributed by atoms with van der Waals surface area (Å²) < 4.78 is 29.5. The van der Waals surface area contributed by atoms with Gasteiger partial charge in [-0.1, -0.05) is 41.4 Å². The number of anilines is 1. The summed E-state index contributed by atoms with van der Waals surface area (Å²) in [7, 11) is -1.74. The van der Waals surface area contributed by atoms with E-state index in [0.717, 1.165) is 11.8 Å². The molecule has 0 aliphatic heterocycles. The lowest BCUT2D eigenvalue weighted by molar-refractivity contribution is -0.118. The summed E-state index contributed by atoms with van der Waals surface area (Å²) in [5.41, 5.74) is 1.22. The van der Waals surface area contributed by atoms with Crippen LogP contribution in [0.25, 0.3) is 0 Å². The average molecular weight is 417 g/mol.